The molecule has 4 heterocycles. The molecule has 43 heavy (non-hydrogen) atoms. The van der Waals surface area contributed by atoms with Crippen LogP contribution in [0.2, 0.25) is 30.7 Å². The number of benzene rings is 1. The molecular weight excluding hydrogens is 609 g/mol. The molecule has 14 heteroatoms. The van der Waals surface area contributed by atoms with Gasteiger partial charge in [0.05, 0.1) is 29.2 Å². The van der Waals surface area contributed by atoms with Crippen molar-refractivity contribution in [3.63, 3.8) is 0 Å². The minimum absolute atomic E-state index is 0.130. The van der Waals surface area contributed by atoms with Gasteiger partial charge in [-0.3, -0.25) is 4.98 Å². The lowest BCUT2D eigenvalue weighted by Gasteiger charge is -2.19. The summed E-state index contributed by atoms with van der Waals surface area (Å²) in [5, 5.41) is 17.3. The number of carbonyl (C=O) groups is 1. The second-order valence-corrected chi connectivity index (χ2v) is 18.7. The molecule has 3 N–H and O–H groups in total. The largest absolute Gasteiger partial charge is 0.477 e. The zero-order valence-electron chi connectivity index (χ0n) is 23.9. The van der Waals surface area contributed by atoms with Crippen LogP contribution in [-0.2, 0) is 17.9 Å². The van der Waals surface area contributed by atoms with Crippen molar-refractivity contribution in [1.29, 1.82) is 0 Å². The van der Waals surface area contributed by atoms with Crippen LogP contribution < -0.4 is 16.1 Å². The average Bonchev–Trinajstić information content (AvgIpc) is 3.76. The summed E-state index contributed by atoms with van der Waals surface area (Å²) < 4.78 is 23.2. The van der Waals surface area contributed by atoms with E-state index >= 15 is 4.39 Å². The van der Waals surface area contributed by atoms with Crippen LogP contribution in [0.1, 0.15) is 39.1 Å². The van der Waals surface area contributed by atoms with Gasteiger partial charge in [0.15, 0.2) is 5.82 Å². The van der Waals surface area contributed by atoms with E-state index in [9.17, 15) is 9.90 Å². The minimum Gasteiger partial charge on any atom is -0.477 e. The molecule has 1 aromatic carbocycles. The maximum Gasteiger partial charge on any atom is 0.348 e. The fourth-order valence-corrected chi connectivity index (χ4v) is 7.06. The van der Waals surface area contributed by atoms with E-state index in [0.717, 1.165) is 64.1 Å². The number of nitrogens with zero attached hydrogens (tertiary/aromatic N) is 5. The fraction of sp³-hybridized carbons (Fsp3) is 0.310. The second kappa shape index (κ2) is 11.8. The second-order valence-electron chi connectivity index (χ2n) is 11.7. The number of halogens is 2. The molecule has 4 aromatic rings. The van der Waals surface area contributed by atoms with Gasteiger partial charge in [-0.15, -0.1) is 16.9 Å². The van der Waals surface area contributed by atoms with E-state index in [1.807, 2.05) is 29.0 Å². The summed E-state index contributed by atoms with van der Waals surface area (Å²) in [7, 11) is -1.32. The molecule has 0 saturated heterocycles. The Morgan fingerprint density at radius 1 is 1.23 bits per heavy atom. The van der Waals surface area contributed by atoms with Gasteiger partial charge in [0.2, 0.25) is 0 Å². The molecule has 10 nitrogen and oxygen atoms in total. The number of hydrogen-bond acceptors (Lipinski definition) is 9. The van der Waals surface area contributed by atoms with Gasteiger partial charge in [-0.25, -0.2) is 24.7 Å². The summed E-state index contributed by atoms with van der Waals surface area (Å²) in [6.45, 7) is 7.61. The third kappa shape index (κ3) is 5.95. The molecule has 0 radical (unpaired) electrons. The van der Waals surface area contributed by atoms with Gasteiger partial charge in [0, 0.05) is 48.0 Å². The number of aryl methyl sites for hydroxylation is 1. The van der Waals surface area contributed by atoms with E-state index < -0.39 is 19.9 Å². The minimum atomic E-state index is -1.32. The lowest BCUT2D eigenvalue weighted by molar-refractivity contribution is 0.0697. The Morgan fingerprint density at radius 2 is 2.07 bits per heavy atom. The van der Waals surface area contributed by atoms with E-state index in [0.29, 0.717) is 17.3 Å². The highest BCUT2D eigenvalue weighted by molar-refractivity contribution is 7.12. The van der Waals surface area contributed by atoms with Gasteiger partial charge in [-0.05, 0) is 48.7 Å². The number of imidazole rings is 1. The van der Waals surface area contributed by atoms with E-state index in [-0.39, 0.29) is 23.1 Å². The molecule has 0 saturated carbocycles. The number of ether oxygens (including phenoxy) is 1. The number of pyridine rings is 1. The van der Waals surface area contributed by atoms with Crippen molar-refractivity contribution in [2.45, 2.75) is 51.2 Å². The van der Waals surface area contributed by atoms with Crippen LogP contribution in [0.15, 0.2) is 47.1 Å². The average molecular weight is 640 g/mol. The highest BCUT2D eigenvalue weighted by Gasteiger charge is 2.32. The third-order valence-electron chi connectivity index (χ3n) is 7.59. The van der Waals surface area contributed by atoms with Gasteiger partial charge in [0.25, 0.3) is 0 Å². The highest BCUT2D eigenvalue weighted by atomic mass is 35.5. The smallest absolute Gasteiger partial charge is 0.348 e. The Balaban J connectivity index is 1.35. The molecule has 1 aliphatic heterocycles. The number of aromatic nitrogens is 3. The van der Waals surface area contributed by atoms with Gasteiger partial charge >= 0.3 is 5.97 Å². The molecule has 2 aliphatic rings. The number of aromatic carboxylic acids is 1. The van der Waals surface area contributed by atoms with Crippen molar-refractivity contribution < 1.29 is 19.0 Å². The molecule has 0 amide bonds. The number of nitrogens with one attached hydrogen (secondary N) is 2. The van der Waals surface area contributed by atoms with Crippen LogP contribution in [0.5, 0.6) is 0 Å². The van der Waals surface area contributed by atoms with E-state index in [1.165, 1.54) is 5.38 Å². The maximum atomic E-state index is 15.2. The Labute approximate surface area is 258 Å². The monoisotopic (exact) mass is 639 g/mol. The number of fused-ring (bicyclic) bond motifs is 1. The lowest BCUT2D eigenvalue weighted by atomic mass is 10.0. The number of rotatable bonds is 10. The predicted molar refractivity (Wildman–Crippen MR) is 169 cm³/mol. The SMILES string of the molecule is C[Si](C)(C)CCOCn1c(-c2csc(C(=O)O)c2F)cnc1C1CCc2cc(-c3cc(Cl)ccc3N3C=NNN3)cnc21. The molecule has 1 unspecified atom stereocenters. The van der Waals surface area contributed by atoms with Crippen molar-refractivity contribution in [2.75, 3.05) is 11.6 Å². The molecule has 3 aromatic heterocycles. The highest BCUT2D eigenvalue weighted by Crippen LogP contribution is 2.41. The number of hydrazone groups is 1. The molecule has 224 valence electrons. The van der Waals surface area contributed by atoms with Crippen molar-refractivity contribution in [3.05, 3.63) is 74.8 Å². The lowest BCUT2D eigenvalue weighted by Crippen LogP contribution is -2.37. The number of hydrazine groups is 2. The van der Waals surface area contributed by atoms with Crippen molar-refractivity contribution in [3.8, 4) is 22.4 Å². The first-order chi connectivity index (χ1) is 20.6. The summed E-state index contributed by atoms with van der Waals surface area (Å²) in [6.07, 6.45) is 6.65. The van der Waals surface area contributed by atoms with E-state index in [2.05, 4.69) is 41.9 Å². The molecule has 1 atom stereocenters. The predicted octanol–water partition coefficient (Wildman–Crippen LogP) is 6.33. The quantitative estimate of drug-likeness (QED) is 0.136. The topological polar surface area (TPSA) is 117 Å². The van der Waals surface area contributed by atoms with Crippen molar-refractivity contribution in [2.24, 2.45) is 5.10 Å². The van der Waals surface area contributed by atoms with Gasteiger partial charge < -0.3 is 14.4 Å². The fourth-order valence-electron chi connectivity index (χ4n) is 5.35. The molecule has 6 rings (SSSR count). The van der Waals surface area contributed by atoms with Crippen LogP contribution in [0, 0.1) is 5.82 Å². The number of carboxylic acid groups (broad SMARTS) is 1. The molecule has 0 fully saturated rings. The Hall–Kier alpha value is -3.62. The van der Waals surface area contributed by atoms with Crippen LogP contribution in [0.3, 0.4) is 0 Å². The zero-order chi connectivity index (χ0) is 30.3. The van der Waals surface area contributed by atoms with Crippen LogP contribution in [-0.4, -0.2) is 46.6 Å². The first kappa shape index (κ1) is 29.4. The third-order valence-corrected chi connectivity index (χ3v) is 10.5. The van der Waals surface area contributed by atoms with Crippen LogP contribution in [0.4, 0.5) is 10.1 Å². The summed E-state index contributed by atoms with van der Waals surface area (Å²) in [4.78, 5) is 20.9. The van der Waals surface area contributed by atoms with Crippen molar-refractivity contribution in [1.82, 2.24) is 25.6 Å². The number of anilines is 1. The van der Waals surface area contributed by atoms with E-state index in [1.54, 1.807) is 17.5 Å². The van der Waals surface area contributed by atoms with E-state index in [4.69, 9.17) is 26.3 Å². The van der Waals surface area contributed by atoms with Crippen LogP contribution >= 0.6 is 22.9 Å². The summed E-state index contributed by atoms with van der Waals surface area (Å²) in [5.74, 6) is -1.46. The molecular formula is C29H31ClFN7O3SSi. The molecule has 0 bridgehead atoms. The standard InChI is InChI=1S/C29H31ClFN7O3SSi/c1-43(2,3)9-8-41-16-37-24(22-14-42-27(25(22)31)29(39)40)13-33-28(37)20-6-4-17-10-18(12-32-26(17)20)21-11-19(30)5-7-23(21)38-15-34-35-36-38/h5,7,10-15,20,35-36H,4,6,8-9,16H2,1-3H3,(H,39,40). The summed E-state index contributed by atoms with van der Waals surface area (Å²) in [6, 6.07) is 8.76. The van der Waals surface area contributed by atoms with Gasteiger partial charge in [-0.2, -0.15) is 5.10 Å². The summed E-state index contributed by atoms with van der Waals surface area (Å²) >= 11 is 7.25. The molecule has 1 aliphatic carbocycles. The zero-order valence-corrected chi connectivity index (χ0v) is 26.5. The summed E-state index contributed by atoms with van der Waals surface area (Å²) in [5.41, 5.74) is 11.1. The van der Waals surface area contributed by atoms with Gasteiger partial charge in [-0.1, -0.05) is 31.2 Å². The van der Waals surface area contributed by atoms with Gasteiger partial charge in [0.1, 0.15) is 23.8 Å². The number of thiophene rings is 1. The Morgan fingerprint density at radius 3 is 2.79 bits per heavy atom. The first-order valence-electron chi connectivity index (χ1n) is 13.9. The maximum absolute atomic E-state index is 15.2. The number of carboxylic acids is 1. The van der Waals surface area contributed by atoms with Crippen molar-refractivity contribution >= 4 is 49.0 Å². The Bertz CT molecular complexity index is 1720. The first-order valence-corrected chi connectivity index (χ1v) is 18.8. The van der Waals surface area contributed by atoms with Crippen LogP contribution in [0.25, 0.3) is 22.4 Å². The Kier molecular flexibility index (Phi) is 8.09. The molecule has 0 spiro atoms. The number of hydrogen-bond donors (Lipinski definition) is 3. The normalized spacial score (nSPS) is 16.1.